The second-order valence-electron chi connectivity index (χ2n) is 6.91. The first-order valence-corrected chi connectivity index (χ1v) is 8.78. The minimum atomic E-state index is -0.274. The molecule has 0 saturated carbocycles. The van der Waals surface area contributed by atoms with Crippen LogP contribution in [0.3, 0.4) is 0 Å². The Hall–Kier alpha value is -1.91. The Morgan fingerprint density at radius 1 is 1.12 bits per heavy atom. The number of pyridine rings is 1. The summed E-state index contributed by atoms with van der Waals surface area (Å²) in [6.45, 7) is 5.93. The van der Waals surface area contributed by atoms with E-state index in [9.17, 15) is 5.11 Å². The van der Waals surface area contributed by atoms with Crippen molar-refractivity contribution in [2.75, 3.05) is 31.1 Å². The molecule has 4 nitrogen and oxygen atoms in total. The highest BCUT2D eigenvalue weighted by Gasteiger charge is 2.25. The van der Waals surface area contributed by atoms with Gasteiger partial charge in [-0.3, -0.25) is 0 Å². The molecule has 2 N–H and O–H groups in total. The summed E-state index contributed by atoms with van der Waals surface area (Å²) in [4.78, 5) is 6.93. The number of aliphatic hydroxyl groups excluding tert-OH is 1. The summed E-state index contributed by atoms with van der Waals surface area (Å²) in [5, 5.41) is 13.3. The molecule has 0 amide bonds. The Labute approximate surface area is 144 Å². The van der Waals surface area contributed by atoms with Crippen molar-refractivity contribution in [1.82, 2.24) is 10.3 Å². The van der Waals surface area contributed by atoms with E-state index in [0.29, 0.717) is 0 Å². The molecule has 1 aromatic carbocycles. The zero-order valence-electron chi connectivity index (χ0n) is 14.4. The van der Waals surface area contributed by atoms with Crippen LogP contribution in [0.2, 0.25) is 0 Å². The number of nitrogens with zero attached hydrogens (tertiary/aromatic N) is 2. The molecule has 1 atom stereocenters. The molecule has 3 rings (SSSR count). The third-order valence-corrected chi connectivity index (χ3v) is 4.90. The van der Waals surface area contributed by atoms with Crippen molar-refractivity contribution in [3.8, 4) is 0 Å². The summed E-state index contributed by atoms with van der Waals surface area (Å²) in [6, 6.07) is 14.4. The number of hydrogen-bond acceptors (Lipinski definition) is 4. The Balaban J connectivity index is 1.55. The lowest BCUT2D eigenvalue weighted by Crippen LogP contribution is -2.38. The molecule has 0 radical (unpaired) electrons. The summed E-state index contributed by atoms with van der Waals surface area (Å²) >= 11 is 0. The van der Waals surface area contributed by atoms with Gasteiger partial charge in [0.05, 0.1) is 6.61 Å². The lowest BCUT2D eigenvalue weighted by Gasteiger charge is -2.28. The van der Waals surface area contributed by atoms with Crippen LogP contribution in [0.4, 0.5) is 5.82 Å². The summed E-state index contributed by atoms with van der Waals surface area (Å²) < 4.78 is 0. The van der Waals surface area contributed by atoms with Crippen molar-refractivity contribution in [3.63, 3.8) is 0 Å². The highest BCUT2D eigenvalue weighted by Crippen LogP contribution is 2.22. The van der Waals surface area contributed by atoms with Gasteiger partial charge >= 0.3 is 0 Å². The monoisotopic (exact) mass is 325 g/mol. The molecule has 0 spiro atoms. The van der Waals surface area contributed by atoms with Crippen molar-refractivity contribution in [2.45, 2.75) is 31.7 Å². The van der Waals surface area contributed by atoms with E-state index in [-0.39, 0.29) is 12.0 Å². The summed E-state index contributed by atoms with van der Waals surface area (Å²) in [5.41, 5.74) is 2.05. The van der Waals surface area contributed by atoms with E-state index in [0.717, 1.165) is 37.6 Å². The van der Waals surface area contributed by atoms with Gasteiger partial charge in [-0.1, -0.05) is 43.3 Å². The maximum atomic E-state index is 9.84. The van der Waals surface area contributed by atoms with Crippen molar-refractivity contribution in [1.29, 1.82) is 0 Å². The van der Waals surface area contributed by atoms with Crippen LogP contribution >= 0.6 is 0 Å². The summed E-state index contributed by atoms with van der Waals surface area (Å²) in [5.74, 6) is 1.08. The van der Waals surface area contributed by atoms with Gasteiger partial charge in [-0.2, -0.15) is 0 Å². The van der Waals surface area contributed by atoms with Crippen LogP contribution in [-0.2, 0) is 12.0 Å². The average molecular weight is 325 g/mol. The van der Waals surface area contributed by atoms with Gasteiger partial charge in [0, 0.05) is 37.8 Å². The molecule has 1 fully saturated rings. The SMILES string of the molecule is CC(CO)(CNCc1ccc(N2CCCC2)nc1)c1ccccc1. The van der Waals surface area contributed by atoms with Gasteiger partial charge in [0.1, 0.15) is 5.82 Å². The topological polar surface area (TPSA) is 48.4 Å². The molecule has 0 bridgehead atoms. The molecular formula is C20H27N3O. The third kappa shape index (κ3) is 3.94. The molecule has 2 aromatic rings. The number of rotatable bonds is 7. The second kappa shape index (κ2) is 7.77. The van der Waals surface area contributed by atoms with Crippen LogP contribution in [0, 0.1) is 0 Å². The Kier molecular flexibility index (Phi) is 5.48. The minimum absolute atomic E-state index is 0.121. The molecular weight excluding hydrogens is 298 g/mol. The molecule has 1 aliphatic heterocycles. The summed E-state index contributed by atoms with van der Waals surface area (Å²) in [7, 11) is 0. The molecule has 1 aliphatic rings. The molecule has 2 heterocycles. The Morgan fingerprint density at radius 3 is 2.50 bits per heavy atom. The lowest BCUT2D eigenvalue weighted by atomic mass is 9.83. The molecule has 128 valence electrons. The van der Waals surface area contributed by atoms with Crippen LogP contribution in [0.15, 0.2) is 48.7 Å². The van der Waals surface area contributed by atoms with Crippen LogP contribution < -0.4 is 10.2 Å². The zero-order valence-corrected chi connectivity index (χ0v) is 14.4. The van der Waals surface area contributed by atoms with E-state index in [2.05, 4.69) is 46.4 Å². The number of benzene rings is 1. The van der Waals surface area contributed by atoms with E-state index < -0.39 is 0 Å². The number of anilines is 1. The third-order valence-electron chi connectivity index (χ3n) is 4.90. The number of aromatic nitrogens is 1. The zero-order chi connectivity index (χ0) is 16.8. The predicted molar refractivity (Wildman–Crippen MR) is 98.3 cm³/mol. The van der Waals surface area contributed by atoms with Crippen LogP contribution in [0.1, 0.15) is 30.9 Å². The molecule has 0 aliphatic carbocycles. The van der Waals surface area contributed by atoms with Crippen LogP contribution in [-0.4, -0.2) is 36.3 Å². The maximum absolute atomic E-state index is 9.84. The largest absolute Gasteiger partial charge is 0.395 e. The molecule has 1 unspecified atom stereocenters. The molecule has 4 heteroatoms. The Bertz CT molecular complexity index is 623. The van der Waals surface area contributed by atoms with Crippen molar-refractivity contribution in [2.24, 2.45) is 0 Å². The van der Waals surface area contributed by atoms with E-state index in [1.165, 1.54) is 18.4 Å². The fourth-order valence-electron chi connectivity index (χ4n) is 3.23. The van der Waals surface area contributed by atoms with Gasteiger partial charge in [-0.25, -0.2) is 4.98 Å². The highest BCUT2D eigenvalue weighted by atomic mass is 16.3. The van der Waals surface area contributed by atoms with Gasteiger partial charge in [-0.15, -0.1) is 0 Å². The van der Waals surface area contributed by atoms with Crippen molar-refractivity contribution < 1.29 is 5.11 Å². The maximum Gasteiger partial charge on any atom is 0.128 e. The van der Waals surface area contributed by atoms with Gasteiger partial charge in [0.25, 0.3) is 0 Å². The molecule has 1 aromatic heterocycles. The van der Waals surface area contributed by atoms with Gasteiger partial charge < -0.3 is 15.3 Å². The smallest absolute Gasteiger partial charge is 0.128 e. The predicted octanol–water partition coefficient (Wildman–Crippen LogP) is 2.72. The van der Waals surface area contributed by atoms with E-state index in [4.69, 9.17) is 0 Å². The number of aliphatic hydroxyl groups is 1. The van der Waals surface area contributed by atoms with E-state index in [1.54, 1.807) is 0 Å². The van der Waals surface area contributed by atoms with Crippen molar-refractivity contribution >= 4 is 5.82 Å². The normalized spacial score (nSPS) is 17.0. The van der Waals surface area contributed by atoms with E-state index >= 15 is 0 Å². The van der Waals surface area contributed by atoms with Gasteiger partial charge in [-0.05, 0) is 30.0 Å². The highest BCUT2D eigenvalue weighted by molar-refractivity contribution is 5.40. The van der Waals surface area contributed by atoms with Crippen LogP contribution in [0.25, 0.3) is 0 Å². The van der Waals surface area contributed by atoms with Gasteiger partial charge in [0.2, 0.25) is 0 Å². The lowest BCUT2D eigenvalue weighted by molar-refractivity contribution is 0.201. The fraction of sp³-hybridized carbons (Fsp3) is 0.450. The standard InChI is InChI=1S/C20H27N3O/c1-20(16-24,18-7-3-2-4-8-18)15-21-13-17-9-10-19(22-14-17)23-11-5-6-12-23/h2-4,7-10,14,21,24H,5-6,11-13,15-16H2,1H3. The first-order valence-electron chi connectivity index (χ1n) is 8.78. The average Bonchev–Trinajstić information content (AvgIpc) is 3.17. The molecule has 24 heavy (non-hydrogen) atoms. The number of nitrogens with one attached hydrogen (secondary N) is 1. The molecule has 1 saturated heterocycles. The number of hydrogen-bond donors (Lipinski definition) is 2. The summed E-state index contributed by atoms with van der Waals surface area (Å²) in [6.07, 6.45) is 4.49. The van der Waals surface area contributed by atoms with Gasteiger partial charge in [0.15, 0.2) is 0 Å². The van der Waals surface area contributed by atoms with E-state index in [1.807, 2.05) is 24.4 Å². The second-order valence-corrected chi connectivity index (χ2v) is 6.91. The fourth-order valence-corrected chi connectivity index (χ4v) is 3.23. The first-order chi connectivity index (χ1) is 11.7. The Morgan fingerprint density at radius 2 is 1.88 bits per heavy atom. The quantitative estimate of drug-likeness (QED) is 0.822. The first kappa shape index (κ1) is 16.9. The van der Waals surface area contributed by atoms with Crippen LogP contribution in [0.5, 0.6) is 0 Å². The minimum Gasteiger partial charge on any atom is -0.395 e. The van der Waals surface area contributed by atoms with Crippen molar-refractivity contribution in [3.05, 3.63) is 59.8 Å².